The van der Waals surface area contributed by atoms with Crippen molar-refractivity contribution in [3.8, 4) is 11.5 Å². The highest BCUT2D eigenvalue weighted by molar-refractivity contribution is 5.89. The predicted octanol–water partition coefficient (Wildman–Crippen LogP) is 2.70. The smallest absolute Gasteiger partial charge is 0.322 e. The molecule has 1 aliphatic heterocycles. The number of morpholine rings is 1. The van der Waals surface area contributed by atoms with Gasteiger partial charge in [-0.05, 0) is 29.8 Å². The molecule has 1 atom stereocenters. The molecular weight excluding hydrogens is 322 g/mol. The summed E-state index contributed by atoms with van der Waals surface area (Å²) >= 11 is 0. The summed E-state index contributed by atoms with van der Waals surface area (Å²) in [6.07, 6.45) is 3.06. The quantitative estimate of drug-likeness (QED) is 0.924. The Bertz CT molecular complexity index is 724. The molecule has 0 spiro atoms. The molecule has 1 aromatic heterocycles. The van der Waals surface area contributed by atoms with Crippen molar-refractivity contribution >= 4 is 11.7 Å². The Morgan fingerprint density at radius 2 is 2.12 bits per heavy atom. The minimum atomic E-state index is -0.215. The number of anilines is 1. The van der Waals surface area contributed by atoms with Crippen LogP contribution in [0.4, 0.5) is 10.5 Å². The first-order valence-corrected chi connectivity index (χ1v) is 8.00. The lowest BCUT2D eigenvalue weighted by Crippen LogP contribution is -2.44. The van der Waals surface area contributed by atoms with Gasteiger partial charge in [0.15, 0.2) is 11.5 Å². The van der Waals surface area contributed by atoms with Crippen LogP contribution in [0.3, 0.4) is 0 Å². The number of rotatable bonds is 4. The van der Waals surface area contributed by atoms with E-state index in [0.717, 1.165) is 5.56 Å². The lowest BCUT2D eigenvalue weighted by Gasteiger charge is -2.33. The molecule has 0 saturated carbocycles. The van der Waals surface area contributed by atoms with Crippen molar-refractivity contribution < 1.29 is 19.0 Å². The van der Waals surface area contributed by atoms with Crippen LogP contribution < -0.4 is 14.8 Å². The van der Waals surface area contributed by atoms with E-state index in [1.54, 1.807) is 43.6 Å². The van der Waals surface area contributed by atoms with E-state index in [2.05, 4.69) is 10.3 Å². The maximum Gasteiger partial charge on any atom is 0.322 e. The first-order chi connectivity index (χ1) is 12.2. The minimum absolute atomic E-state index is 0.165. The van der Waals surface area contributed by atoms with Gasteiger partial charge in [-0.15, -0.1) is 0 Å². The van der Waals surface area contributed by atoms with Crippen LogP contribution in [-0.2, 0) is 4.74 Å². The van der Waals surface area contributed by atoms with Crippen LogP contribution in [-0.4, -0.2) is 49.8 Å². The highest BCUT2D eigenvalue weighted by Crippen LogP contribution is 2.32. The normalized spacial score (nSPS) is 17.0. The van der Waals surface area contributed by atoms with Crippen molar-refractivity contribution in [1.29, 1.82) is 0 Å². The Balaban J connectivity index is 1.69. The highest BCUT2D eigenvalue weighted by Gasteiger charge is 2.26. The van der Waals surface area contributed by atoms with Crippen LogP contribution in [0.5, 0.6) is 11.5 Å². The highest BCUT2D eigenvalue weighted by atomic mass is 16.5. The molecule has 1 saturated heterocycles. The molecule has 7 nitrogen and oxygen atoms in total. The van der Waals surface area contributed by atoms with Crippen molar-refractivity contribution in [2.75, 3.05) is 39.2 Å². The number of aromatic nitrogens is 1. The number of pyridine rings is 1. The maximum absolute atomic E-state index is 12.5. The number of benzene rings is 1. The minimum Gasteiger partial charge on any atom is -0.493 e. The van der Waals surface area contributed by atoms with Gasteiger partial charge in [0, 0.05) is 12.7 Å². The standard InChI is InChI=1S/C18H21N3O4/c1-23-15-6-5-13(10-16(15)24-2)17-12-21(8-9-25-17)18(22)20-14-4-3-7-19-11-14/h3-7,10-11,17H,8-9,12H2,1-2H3,(H,20,22). The number of carbonyl (C=O) groups is 1. The largest absolute Gasteiger partial charge is 0.493 e. The molecular formula is C18H21N3O4. The number of nitrogens with zero attached hydrogens (tertiary/aromatic N) is 2. The molecule has 0 aliphatic carbocycles. The van der Waals surface area contributed by atoms with Gasteiger partial charge in [0.25, 0.3) is 0 Å². The van der Waals surface area contributed by atoms with E-state index < -0.39 is 0 Å². The lowest BCUT2D eigenvalue weighted by atomic mass is 10.1. The molecule has 2 aromatic rings. The van der Waals surface area contributed by atoms with Gasteiger partial charge in [-0.1, -0.05) is 6.07 Å². The Morgan fingerprint density at radius 1 is 1.28 bits per heavy atom. The molecule has 1 aromatic carbocycles. The van der Waals surface area contributed by atoms with Crippen LogP contribution >= 0.6 is 0 Å². The van der Waals surface area contributed by atoms with Crippen LogP contribution in [0.1, 0.15) is 11.7 Å². The fourth-order valence-electron chi connectivity index (χ4n) is 2.73. The molecule has 1 fully saturated rings. The van der Waals surface area contributed by atoms with Crippen LogP contribution in [0.25, 0.3) is 0 Å². The number of nitrogens with one attached hydrogen (secondary N) is 1. The number of hydrogen-bond acceptors (Lipinski definition) is 5. The van der Waals surface area contributed by atoms with Crippen molar-refractivity contribution in [1.82, 2.24) is 9.88 Å². The molecule has 0 bridgehead atoms. The van der Waals surface area contributed by atoms with Crippen molar-refractivity contribution in [2.45, 2.75) is 6.10 Å². The van der Waals surface area contributed by atoms with Crippen LogP contribution in [0.2, 0.25) is 0 Å². The second-order valence-corrected chi connectivity index (χ2v) is 5.59. The summed E-state index contributed by atoms with van der Waals surface area (Å²) in [6.45, 7) is 1.47. The number of ether oxygens (including phenoxy) is 3. The molecule has 2 heterocycles. The Morgan fingerprint density at radius 3 is 2.84 bits per heavy atom. The molecule has 2 amide bonds. The summed E-state index contributed by atoms with van der Waals surface area (Å²) in [5.41, 5.74) is 1.61. The third kappa shape index (κ3) is 4.00. The zero-order valence-corrected chi connectivity index (χ0v) is 14.3. The average molecular weight is 343 g/mol. The summed E-state index contributed by atoms with van der Waals surface area (Å²) in [5.74, 6) is 1.30. The zero-order valence-electron chi connectivity index (χ0n) is 14.3. The fourth-order valence-corrected chi connectivity index (χ4v) is 2.73. The van der Waals surface area contributed by atoms with Gasteiger partial charge < -0.3 is 24.4 Å². The van der Waals surface area contributed by atoms with Gasteiger partial charge in [0.05, 0.1) is 39.3 Å². The van der Waals surface area contributed by atoms with Gasteiger partial charge in [-0.3, -0.25) is 4.98 Å². The zero-order chi connectivity index (χ0) is 17.6. The Kier molecular flexibility index (Phi) is 5.35. The monoisotopic (exact) mass is 343 g/mol. The van der Waals surface area contributed by atoms with Crippen LogP contribution in [0.15, 0.2) is 42.7 Å². The second kappa shape index (κ2) is 7.85. The number of amides is 2. The molecule has 3 rings (SSSR count). The van der Waals surface area contributed by atoms with Gasteiger partial charge >= 0.3 is 6.03 Å². The summed E-state index contributed by atoms with van der Waals surface area (Å²) < 4.78 is 16.4. The van der Waals surface area contributed by atoms with E-state index in [9.17, 15) is 4.79 Å². The molecule has 1 aliphatic rings. The third-order valence-corrected chi connectivity index (χ3v) is 4.05. The van der Waals surface area contributed by atoms with E-state index in [0.29, 0.717) is 36.9 Å². The topological polar surface area (TPSA) is 72.9 Å². The number of methoxy groups -OCH3 is 2. The molecule has 1 N–H and O–H groups in total. The molecule has 1 unspecified atom stereocenters. The van der Waals surface area contributed by atoms with E-state index in [1.165, 1.54) is 0 Å². The Hall–Kier alpha value is -2.80. The molecule has 7 heteroatoms. The summed E-state index contributed by atoms with van der Waals surface area (Å²) in [5, 5.41) is 2.85. The van der Waals surface area contributed by atoms with E-state index in [4.69, 9.17) is 14.2 Å². The maximum atomic E-state index is 12.5. The lowest BCUT2D eigenvalue weighted by molar-refractivity contribution is -0.0136. The molecule has 0 radical (unpaired) electrons. The number of carbonyl (C=O) groups excluding carboxylic acids is 1. The third-order valence-electron chi connectivity index (χ3n) is 4.05. The van der Waals surface area contributed by atoms with E-state index in [1.807, 2.05) is 18.2 Å². The Labute approximate surface area is 146 Å². The van der Waals surface area contributed by atoms with E-state index in [-0.39, 0.29) is 12.1 Å². The van der Waals surface area contributed by atoms with Gasteiger partial charge in [0.2, 0.25) is 0 Å². The van der Waals surface area contributed by atoms with Crippen molar-refractivity contribution in [2.24, 2.45) is 0 Å². The summed E-state index contributed by atoms with van der Waals surface area (Å²) in [6, 6.07) is 9.06. The second-order valence-electron chi connectivity index (χ2n) is 5.59. The van der Waals surface area contributed by atoms with Gasteiger partial charge in [-0.2, -0.15) is 0 Å². The van der Waals surface area contributed by atoms with Crippen LogP contribution in [0, 0.1) is 0 Å². The van der Waals surface area contributed by atoms with Gasteiger partial charge in [0.1, 0.15) is 6.10 Å². The number of urea groups is 1. The van der Waals surface area contributed by atoms with Crippen molar-refractivity contribution in [3.63, 3.8) is 0 Å². The first-order valence-electron chi connectivity index (χ1n) is 8.00. The first kappa shape index (κ1) is 17.0. The van der Waals surface area contributed by atoms with Crippen molar-refractivity contribution in [3.05, 3.63) is 48.3 Å². The number of hydrogen-bond donors (Lipinski definition) is 1. The summed E-state index contributed by atoms with van der Waals surface area (Å²) in [4.78, 5) is 18.2. The van der Waals surface area contributed by atoms with Gasteiger partial charge in [-0.25, -0.2) is 4.79 Å². The summed E-state index contributed by atoms with van der Waals surface area (Å²) in [7, 11) is 3.19. The molecule has 25 heavy (non-hydrogen) atoms. The SMILES string of the molecule is COc1ccc(C2CN(C(=O)Nc3cccnc3)CCO2)cc1OC. The average Bonchev–Trinajstić information content (AvgIpc) is 2.68. The van der Waals surface area contributed by atoms with E-state index >= 15 is 0 Å². The molecule has 132 valence electrons. The predicted molar refractivity (Wildman–Crippen MR) is 93.1 cm³/mol. The fraction of sp³-hybridized carbons (Fsp3) is 0.333.